The monoisotopic (exact) mass is 656 g/mol. The molecule has 46 heavy (non-hydrogen) atoms. The first-order valence-corrected chi connectivity index (χ1v) is 15.4. The topological polar surface area (TPSA) is 55.4 Å². The molecule has 12 heteroatoms. The molecule has 3 heterocycles. The third-order valence-electron chi connectivity index (χ3n) is 7.60. The van der Waals surface area contributed by atoms with E-state index in [4.69, 9.17) is 0 Å². The molecule has 6 rings (SSSR count). The van der Waals surface area contributed by atoms with Gasteiger partial charge in [-0.05, 0) is 79.5 Å². The van der Waals surface area contributed by atoms with Gasteiger partial charge >= 0.3 is 18.9 Å². The second kappa shape index (κ2) is 13.8. The van der Waals surface area contributed by atoms with Gasteiger partial charge in [0.05, 0.1) is 0 Å². The van der Waals surface area contributed by atoms with Crippen molar-refractivity contribution >= 4 is 0 Å². The van der Waals surface area contributed by atoms with Crippen molar-refractivity contribution in [1.82, 2.24) is 0 Å². The number of alkyl halides is 6. The molecule has 0 N–H and O–H groups in total. The van der Waals surface area contributed by atoms with Gasteiger partial charge in [0.25, 0.3) is 0 Å². The number of fused-ring (bicyclic) bond motifs is 3. The lowest BCUT2D eigenvalue weighted by molar-refractivity contribution is -0.287. The van der Waals surface area contributed by atoms with E-state index in [9.17, 15) is 26.3 Å². The predicted molar refractivity (Wildman–Crippen MR) is 159 cm³/mol. The Bertz CT molecular complexity index is 1540. The predicted octanol–water partition coefficient (Wildman–Crippen LogP) is 9.92. The summed E-state index contributed by atoms with van der Waals surface area (Å²) in [5, 5.41) is 0. The molecule has 0 radical (unpaired) electrons. The van der Waals surface area contributed by atoms with Gasteiger partial charge in [0.2, 0.25) is 0 Å². The van der Waals surface area contributed by atoms with Crippen molar-refractivity contribution < 1.29 is 54.8 Å². The Morgan fingerprint density at radius 3 is 1.26 bits per heavy atom. The first kappa shape index (κ1) is 34.9. The highest BCUT2D eigenvalue weighted by Gasteiger charge is 2.46. The number of hydrogen-bond donors (Lipinski definition) is 0. The highest BCUT2D eigenvalue weighted by atomic mass is 19.3. The van der Waals surface area contributed by atoms with Gasteiger partial charge < -0.3 is 28.4 Å². The Hall–Kier alpha value is -3.96. The molecule has 252 valence electrons. The van der Waals surface area contributed by atoms with E-state index in [1.165, 1.54) is 12.1 Å². The van der Waals surface area contributed by atoms with E-state index in [2.05, 4.69) is 35.3 Å². The standard InChI is InChI=1S/C12H14F2O2.2C11H12F2O2/c1-3-5-8-6-7-10-11(9(8)4-2)16-12(13,14)15-10;1-3-4-8-5-6-9-10(7(8)2)15-11(12,13)14-9;1-3-7-5-6-9-10(8(7)4-2)15-11(12,13)14-9/h6-7H,3-5H2,1-2H3;2*5-6H,3-4H2,1-2H3. The van der Waals surface area contributed by atoms with Crippen LogP contribution in [0.1, 0.15) is 80.8 Å². The van der Waals surface area contributed by atoms with Gasteiger partial charge in [-0.1, -0.05) is 65.7 Å². The van der Waals surface area contributed by atoms with E-state index in [1.807, 2.05) is 45.9 Å². The molecule has 3 aromatic rings. The van der Waals surface area contributed by atoms with Crippen LogP contribution in [0, 0.1) is 6.92 Å². The molecule has 0 fully saturated rings. The summed E-state index contributed by atoms with van der Waals surface area (Å²) in [7, 11) is 0. The second-order valence-electron chi connectivity index (χ2n) is 10.8. The SMILES string of the molecule is CCCc1ccc2c(c1C)OC(F)(F)O2.CCCc1ccc2c(c1CC)OC(F)(F)O2.CCc1ccc2c(c1CC)OC(F)(F)O2. The fourth-order valence-corrected chi connectivity index (χ4v) is 5.55. The Morgan fingerprint density at radius 2 is 0.826 bits per heavy atom. The summed E-state index contributed by atoms with van der Waals surface area (Å²) in [6.45, 7) is 11.7. The van der Waals surface area contributed by atoms with E-state index < -0.39 is 18.9 Å². The molecule has 0 aromatic heterocycles. The lowest BCUT2D eigenvalue weighted by Gasteiger charge is -2.09. The summed E-state index contributed by atoms with van der Waals surface area (Å²) in [5.74, 6) is 0.972. The zero-order chi connectivity index (χ0) is 33.9. The quantitative estimate of drug-likeness (QED) is 0.236. The van der Waals surface area contributed by atoms with Crippen molar-refractivity contribution in [1.29, 1.82) is 0 Å². The zero-order valence-electron chi connectivity index (χ0n) is 26.6. The van der Waals surface area contributed by atoms with Crippen LogP contribution in [0.3, 0.4) is 0 Å². The summed E-state index contributed by atoms with van der Waals surface area (Å²) in [6.07, 6.45) is -4.76. The smallest absolute Gasteiger partial charge is 0.395 e. The number of benzene rings is 3. The maximum absolute atomic E-state index is 12.9. The lowest BCUT2D eigenvalue weighted by Crippen LogP contribution is -2.26. The third kappa shape index (κ3) is 7.70. The molecule has 0 amide bonds. The zero-order valence-corrected chi connectivity index (χ0v) is 26.6. The molecule has 0 saturated heterocycles. The lowest BCUT2D eigenvalue weighted by atomic mass is 10.00. The number of ether oxygens (including phenoxy) is 6. The molecule has 0 spiro atoms. The highest BCUT2D eigenvalue weighted by molar-refractivity contribution is 5.54. The van der Waals surface area contributed by atoms with Crippen LogP contribution < -0.4 is 28.4 Å². The minimum Gasteiger partial charge on any atom is -0.395 e. The Balaban J connectivity index is 0.000000157. The van der Waals surface area contributed by atoms with Crippen molar-refractivity contribution in [3.63, 3.8) is 0 Å². The highest BCUT2D eigenvalue weighted by Crippen LogP contribution is 2.46. The normalized spacial score (nSPS) is 16.7. The summed E-state index contributed by atoms with van der Waals surface area (Å²) in [5.41, 5.74) is 5.50. The van der Waals surface area contributed by atoms with Gasteiger partial charge in [0, 0.05) is 11.1 Å². The first-order chi connectivity index (χ1) is 21.7. The van der Waals surface area contributed by atoms with Crippen LogP contribution in [0.5, 0.6) is 34.5 Å². The molecule has 3 aliphatic rings. The number of halogens is 6. The van der Waals surface area contributed by atoms with E-state index in [0.717, 1.165) is 65.5 Å². The van der Waals surface area contributed by atoms with Gasteiger partial charge in [0.1, 0.15) is 0 Å². The molecule has 0 atom stereocenters. The number of aryl methyl sites for hydroxylation is 3. The van der Waals surface area contributed by atoms with E-state index >= 15 is 0 Å². The third-order valence-corrected chi connectivity index (χ3v) is 7.60. The number of rotatable bonds is 7. The summed E-state index contributed by atoms with van der Waals surface area (Å²) >= 11 is 0. The average molecular weight is 657 g/mol. The fourth-order valence-electron chi connectivity index (χ4n) is 5.55. The fraction of sp³-hybridized carbons (Fsp3) is 0.471. The van der Waals surface area contributed by atoms with Crippen molar-refractivity contribution in [2.24, 2.45) is 0 Å². The Morgan fingerprint density at radius 1 is 0.457 bits per heavy atom. The molecule has 0 aliphatic carbocycles. The van der Waals surface area contributed by atoms with Crippen molar-refractivity contribution in [2.75, 3.05) is 0 Å². The summed E-state index contributed by atoms with van der Waals surface area (Å²) in [6, 6.07) is 10.1. The molecule has 0 saturated carbocycles. The van der Waals surface area contributed by atoms with E-state index in [0.29, 0.717) is 12.8 Å². The first-order valence-electron chi connectivity index (χ1n) is 15.4. The molecular weight excluding hydrogens is 618 g/mol. The van der Waals surface area contributed by atoms with Crippen LogP contribution in [-0.4, -0.2) is 18.9 Å². The Kier molecular flexibility index (Phi) is 10.5. The largest absolute Gasteiger partial charge is 0.586 e. The van der Waals surface area contributed by atoms with Gasteiger partial charge in [-0.2, -0.15) is 0 Å². The van der Waals surface area contributed by atoms with Crippen LogP contribution >= 0.6 is 0 Å². The van der Waals surface area contributed by atoms with Crippen LogP contribution in [0.2, 0.25) is 0 Å². The average Bonchev–Trinajstić information content (AvgIpc) is 3.61. The number of hydrogen-bond acceptors (Lipinski definition) is 6. The van der Waals surface area contributed by atoms with Gasteiger partial charge in [-0.3, -0.25) is 0 Å². The van der Waals surface area contributed by atoms with Crippen molar-refractivity contribution in [3.8, 4) is 34.5 Å². The van der Waals surface area contributed by atoms with Crippen molar-refractivity contribution in [2.45, 2.75) is 105 Å². The van der Waals surface area contributed by atoms with Gasteiger partial charge in [0.15, 0.2) is 34.5 Å². The maximum atomic E-state index is 12.9. The second-order valence-corrected chi connectivity index (χ2v) is 10.8. The minimum absolute atomic E-state index is 0.123. The molecule has 3 aliphatic heterocycles. The molecule has 3 aromatic carbocycles. The molecule has 6 nitrogen and oxygen atoms in total. The van der Waals surface area contributed by atoms with E-state index in [1.54, 1.807) is 13.0 Å². The molecular formula is C34H38F6O6. The van der Waals surface area contributed by atoms with Crippen molar-refractivity contribution in [3.05, 3.63) is 69.8 Å². The summed E-state index contributed by atoms with van der Waals surface area (Å²) in [4.78, 5) is 0. The summed E-state index contributed by atoms with van der Waals surface area (Å²) < 4.78 is 104. The molecule has 0 unspecified atom stereocenters. The van der Waals surface area contributed by atoms with Crippen LogP contribution in [-0.2, 0) is 32.1 Å². The van der Waals surface area contributed by atoms with Crippen LogP contribution in [0.15, 0.2) is 36.4 Å². The van der Waals surface area contributed by atoms with Gasteiger partial charge in [-0.15, -0.1) is 26.3 Å². The van der Waals surface area contributed by atoms with Crippen LogP contribution in [0.25, 0.3) is 0 Å². The van der Waals surface area contributed by atoms with Crippen LogP contribution in [0.4, 0.5) is 26.3 Å². The Labute approximate surface area is 264 Å². The minimum atomic E-state index is -3.52. The molecule has 0 bridgehead atoms. The maximum Gasteiger partial charge on any atom is 0.586 e. The van der Waals surface area contributed by atoms with Gasteiger partial charge in [-0.25, -0.2) is 0 Å². The van der Waals surface area contributed by atoms with E-state index in [-0.39, 0.29) is 34.5 Å².